The minimum absolute atomic E-state index is 1.81. The van der Waals surface area contributed by atoms with E-state index in [0.29, 0.717) is 0 Å². The summed E-state index contributed by atoms with van der Waals surface area (Å²) >= 11 is 0. The van der Waals surface area contributed by atoms with E-state index in [0.717, 1.165) is 0 Å². The van der Waals surface area contributed by atoms with Gasteiger partial charge < -0.3 is 0 Å². The summed E-state index contributed by atoms with van der Waals surface area (Å²) in [6, 6.07) is 35.6. The lowest BCUT2D eigenvalue weighted by molar-refractivity contribution is 1.60. The predicted molar refractivity (Wildman–Crippen MR) is 360 cm³/mol. The quantitative estimate of drug-likeness (QED) is 0.185. The summed E-state index contributed by atoms with van der Waals surface area (Å²) in [5.41, 5.74) is 0. The first-order valence-electron chi connectivity index (χ1n) is 27.9. The van der Waals surface area contributed by atoms with Crippen LogP contribution in [-0.2, 0) is 0 Å². The van der Waals surface area contributed by atoms with Gasteiger partial charge in [0, 0.05) is 0 Å². The second kappa shape index (κ2) is 13.4. The highest BCUT2D eigenvalue weighted by atomic mass is 28.4. The monoisotopic (exact) mass is 1140 g/mol. The highest BCUT2D eigenvalue weighted by Crippen LogP contribution is 2.26. The molecule has 0 spiro atoms. The van der Waals surface area contributed by atoms with Crippen LogP contribution in [0.15, 0.2) is 72.8 Å². The fourth-order valence-corrected chi connectivity index (χ4v) is 75.5. The lowest BCUT2D eigenvalue weighted by atomic mass is 10.3. The highest BCUT2D eigenvalue weighted by molar-refractivity contribution is 7.25. The zero-order chi connectivity index (χ0) is 52.3. The molecule has 0 saturated carbocycles. The summed E-state index contributed by atoms with van der Waals surface area (Å²) in [6.07, 6.45) is 0. The Kier molecular flexibility index (Phi) is 9.23. The molecule has 6 aliphatic rings. The second-order valence-electron chi connectivity index (χ2n) is 31.2. The van der Waals surface area contributed by atoms with Crippen LogP contribution in [0, 0.1) is 0 Å². The Balaban J connectivity index is 1.20. The molecule has 12 rings (SSSR count). The van der Waals surface area contributed by atoms with Gasteiger partial charge in [0.2, 0.25) is 0 Å². The molecular weight excluding hydrogens is 1060 g/mol. The van der Waals surface area contributed by atoms with Crippen LogP contribution in [-0.4, -0.2) is 96.9 Å². The standard InChI is InChI=1S/C60H84Si12/c1-61(2)37-25-41-43-27-39(37)62(3,4)40-28-44-42(26-38(40)61)64(7,8)46-30-50-52(32-48(46)66(44,11)12)70(19,20)56-36-60-58(34-54(56)68(50,15)16)71(21,22)57-33-53-55(35-59(57)72(60,23)24)69(17,18)51-31-47(65(43,9)10)45(63(41,5)6)29-49(51)67(53,13)14/h25-36H,1-24H3. The summed E-state index contributed by atoms with van der Waals surface area (Å²) in [4.78, 5) is 0. The van der Waals surface area contributed by atoms with Crippen molar-refractivity contribution in [2.45, 2.75) is 157 Å². The number of fused-ring (bicyclic) bond motifs is 12. The van der Waals surface area contributed by atoms with Gasteiger partial charge in [-0.1, -0.05) is 354 Å². The molecule has 6 heterocycles. The third kappa shape index (κ3) is 5.37. The first kappa shape index (κ1) is 49.5. The smallest absolute Gasteiger partial charge is 0.0631 e. The van der Waals surface area contributed by atoms with E-state index in [-0.39, 0.29) is 0 Å². The van der Waals surface area contributed by atoms with Crippen LogP contribution >= 0.6 is 0 Å². The summed E-state index contributed by atoms with van der Waals surface area (Å²) in [6.45, 7) is 66.8. The molecule has 0 N–H and O–H groups in total. The first-order chi connectivity index (χ1) is 32.7. The van der Waals surface area contributed by atoms with Gasteiger partial charge in [-0.2, -0.15) is 0 Å². The maximum Gasteiger partial charge on any atom is 0.111 e. The Bertz CT molecular complexity index is 2610. The van der Waals surface area contributed by atoms with E-state index in [1.165, 1.54) is 0 Å². The maximum absolute atomic E-state index is 2.97. The third-order valence-electron chi connectivity index (χ3n) is 23.1. The van der Waals surface area contributed by atoms with Gasteiger partial charge in [0.25, 0.3) is 0 Å². The van der Waals surface area contributed by atoms with Crippen molar-refractivity contribution in [2.24, 2.45) is 0 Å². The van der Waals surface area contributed by atoms with Crippen molar-refractivity contribution in [1.29, 1.82) is 0 Å². The molecule has 372 valence electrons. The van der Waals surface area contributed by atoms with Gasteiger partial charge in [-0.25, -0.2) is 0 Å². The van der Waals surface area contributed by atoms with Crippen molar-refractivity contribution < 1.29 is 0 Å². The molecule has 0 aromatic heterocycles. The Hall–Kier alpha value is -2.08. The summed E-state index contributed by atoms with van der Waals surface area (Å²) < 4.78 is 0. The van der Waals surface area contributed by atoms with Crippen molar-refractivity contribution in [3.8, 4) is 0 Å². The largest absolute Gasteiger partial charge is 0.111 e. The van der Waals surface area contributed by atoms with Crippen LogP contribution in [0.4, 0.5) is 0 Å². The van der Waals surface area contributed by atoms with Gasteiger partial charge >= 0.3 is 0 Å². The van der Waals surface area contributed by atoms with Crippen molar-refractivity contribution in [3.63, 3.8) is 0 Å². The summed E-state index contributed by atoms with van der Waals surface area (Å²) in [7, 11) is -25.6. The average molecular weight is 1140 g/mol. The van der Waals surface area contributed by atoms with Crippen LogP contribution < -0.4 is 124 Å². The molecule has 0 amide bonds. The first-order valence-corrected chi connectivity index (χ1v) is 63.9. The highest BCUT2D eigenvalue weighted by Gasteiger charge is 2.57. The van der Waals surface area contributed by atoms with Crippen LogP contribution in [0.3, 0.4) is 0 Å². The Labute approximate surface area is 447 Å². The van der Waals surface area contributed by atoms with Crippen LogP contribution in [0.25, 0.3) is 0 Å². The molecule has 0 nitrogen and oxygen atoms in total. The number of hydrogen-bond acceptors (Lipinski definition) is 0. The molecule has 0 aliphatic carbocycles. The van der Waals surface area contributed by atoms with Gasteiger partial charge in [0.15, 0.2) is 0 Å². The zero-order valence-electron chi connectivity index (χ0n) is 48.9. The Morgan fingerprint density at radius 2 is 0.153 bits per heavy atom. The third-order valence-corrected chi connectivity index (χ3v) is 68.4. The average Bonchev–Trinajstić information content (AvgIpc) is 3.28. The minimum atomic E-state index is -2.13. The van der Waals surface area contributed by atoms with Crippen molar-refractivity contribution >= 4 is 221 Å². The molecule has 0 fully saturated rings. The van der Waals surface area contributed by atoms with E-state index in [4.69, 9.17) is 0 Å². The second-order valence-corrected chi connectivity index (χ2v) is 83.1. The molecular formula is C60H84Si12. The molecule has 0 bridgehead atoms. The SMILES string of the molecule is C[Si]1(C)c2cc3c4cc2[Si](C)(C)c2cc5c(cc21)[Si](C)(C)c1cc2c(cc1[Si]5(C)C)[Si](C)(C)c1cc5c(cc1[Si]2(C)C)[Si](C)(C)c1cc2c(cc1[Si]5(C)C)[Si](C)(C)c1cc(c(cc1[Si]2(C)C)[Si]3(C)C)[Si]4(C)C. The van der Waals surface area contributed by atoms with Gasteiger partial charge in [-0.15, -0.1) is 0 Å². The van der Waals surface area contributed by atoms with Crippen LogP contribution in [0.5, 0.6) is 0 Å². The number of rotatable bonds is 0. The Morgan fingerprint density at radius 3 is 0.194 bits per heavy atom. The van der Waals surface area contributed by atoms with E-state index in [1.54, 1.807) is 0 Å². The molecule has 6 aromatic rings. The van der Waals surface area contributed by atoms with Crippen molar-refractivity contribution in [2.75, 3.05) is 0 Å². The van der Waals surface area contributed by atoms with E-state index < -0.39 is 96.9 Å². The van der Waals surface area contributed by atoms with Gasteiger partial charge in [-0.3, -0.25) is 0 Å². The lowest BCUT2D eigenvalue weighted by Crippen LogP contribution is -2.88. The molecule has 0 radical (unpaired) electrons. The number of hydrogen-bond donors (Lipinski definition) is 0. The molecule has 12 heteroatoms. The zero-order valence-corrected chi connectivity index (χ0v) is 60.9. The van der Waals surface area contributed by atoms with Crippen molar-refractivity contribution in [3.05, 3.63) is 72.8 Å². The lowest BCUT2D eigenvalue weighted by Gasteiger charge is -2.52. The fraction of sp³-hybridized carbons (Fsp3) is 0.400. The van der Waals surface area contributed by atoms with Crippen LogP contribution in [0.1, 0.15) is 0 Å². The van der Waals surface area contributed by atoms with E-state index >= 15 is 0 Å². The predicted octanol–water partition coefficient (Wildman–Crippen LogP) is -0.248. The molecule has 6 aromatic carbocycles. The molecule has 0 saturated heterocycles. The van der Waals surface area contributed by atoms with Crippen LogP contribution in [0.2, 0.25) is 157 Å². The van der Waals surface area contributed by atoms with E-state index in [2.05, 4.69) is 230 Å². The minimum Gasteiger partial charge on any atom is -0.0631 e. The fourth-order valence-electron chi connectivity index (χ4n) is 17.7. The molecule has 72 heavy (non-hydrogen) atoms. The molecule has 0 atom stereocenters. The Morgan fingerprint density at radius 1 is 0.111 bits per heavy atom. The topological polar surface area (TPSA) is 0 Å². The van der Waals surface area contributed by atoms with Gasteiger partial charge in [-0.05, 0) is 0 Å². The molecule has 6 aliphatic heterocycles. The van der Waals surface area contributed by atoms with E-state index in [9.17, 15) is 0 Å². The van der Waals surface area contributed by atoms with E-state index in [1.807, 2.05) is 124 Å². The van der Waals surface area contributed by atoms with Gasteiger partial charge in [0.1, 0.15) is 96.9 Å². The van der Waals surface area contributed by atoms with Gasteiger partial charge in [0.05, 0.1) is 0 Å². The molecule has 0 unspecified atom stereocenters. The summed E-state index contributed by atoms with van der Waals surface area (Å²) in [5.74, 6) is 0. The number of benzene rings is 6. The normalized spacial score (nSPS) is 24.3. The van der Waals surface area contributed by atoms with Crippen molar-refractivity contribution in [1.82, 2.24) is 0 Å². The maximum atomic E-state index is 2.97. The summed E-state index contributed by atoms with van der Waals surface area (Å²) in [5, 5.41) is 43.5.